The zero-order chi connectivity index (χ0) is 14.8. The molecule has 20 heavy (non-hydrogen) atoms. The van der Waals surface area contributed by atoms with Crippen molar-refractivity contribution in [2.24, 2.45) is 0 Å². The molecule has 106 valence electrons. The number of esters is 1. The van der Waals surface area contributed by atoms with Gasteiger partial charge in [0, 0.05) is 0 Å². The van der Waals surface area contributed by atoms with Crippen molar-refractivity contribution in [1.82, 2.24) is 0 Å². The molecule has 0 amide bonds. The molecule has 1 aromatic rings. The second-order valence-electron chi connectivity index (χ2n) is 3.94. The topological polar surface area (TPSA) is 85.7 Å². The number of carbonyl (C=O) groups is 2. The Morgan fingerprint density at radius 2 is 2.05 bits per heavy atom. The first kappa shape index (κ1) is 15.8. The Balaban J connectivity index is 2.65. The smallest absolute Gasteiger partial charge is 0.516 e. The van der Waals surface area contributed by atoms with Gasteiger partial charge in [0.15, 0.2) is 0 Å². The van der Waals surface area contributed by atoms with E-state index in [-0.39, 0.29) is 14.1 Å². The first-order valence-electron chi connectivity index (χ1n) is 6.20. The first-order valence-corrected chi connectivity index (χ1v) is 6.20. The summed E-state index contributed by atoms with van der Waals surface area (Å²) in [6.07, 6.45) is 0.0770. The molecule has 0 spiro atoms. The molecule has 0 aliphatic rings. The maximum Gasteiger partial charge on any atom is 0.516 e. The van der Waals surface area contributed by atoms with E-state index in [1.807, 2.05) is 30.3 Å². The molecule has 0 saturated heterocycles. The standard InChI is InChI=1S/C13H16BNO5/c1-2-18-13(17)20-12(16)11(14-19-9-15)8-10-6-4-3-5-7-10/h3-7,9,11,14-15H,2,8H2,1H3/t11-/m0/s1. The van der Waals surface area contributed by atoms with Crippen molar-refractivity contribution in [1.29, 1.82) is 5.41 Å². The van der Waals surface area contributed by atoms with Gasteiger partial charge in [-0.25, -0.2) is 4.79 Å². The third kappa shape index (κ3) is 5.56. The lowest BCUT2D eigenvalue weighted by Crippen LogP contribution is -2.25. The largest absolute Gasteiger partial charge is 0.556 e. The van der Waals surface area contributed by atoms with E-state index in [4.69, 9.17) is 10.1 Å². The molecular formula is C13H16BNO5. The number of rotatable bonds is 7. The summed E-state index contributed by atoms with van der Waals surface area (Å²) in [6, 6.07) is 9.27. The van der Waals surface area contributed by atoms with Crippen LogP contribution in [0.3, 0.4) is 0 Å². The van der Waals surface area contributed by atoms with Crippen LogP contribution in [0.1, 0.15) is 12.5 Å². The molecule has 0 saturated carbocycles. The Labute approximate surface area is 117 Å². The summed E-state index contributed by atoms with van der Waals surface area (Å²) in [5, 5.41) is 6.83. The quantitative estimate of drug-likeness (QED) is 0.269. The zero-order valence-corrected chi connectivity index (χ0v) is 11.2. The molecule has 0 fully saturated rings. The molecule has 0 unspecified atom stereocenters. The third-order valence-corrected chi connectivity index (χ3v) is 2.49. The monoisotopic (exact) mass is 277 g/mol. The van der Waals surface area contributed by atoms with Gasteiger partial charge in [0.2, 0.25) is 0 Å². The molecule has 0 aliphatic heterocycles. The third-order valence-electron chi connectivity index (χ3n) is 2.49. The van der Waals surface area contributed by atoms with Crippen LogP contribution >= 0.6 is 0 Å². The normalized spacial score (nSPS) is 11.1. The molecule has 1 rings (SSSR count). The lowest BCUT2D eigenvalue weighted by atomic mass is 9.76. The Morgan fingerprint density at radius 3 is 2.65 bits per heavy atom. The van der Waals surface area contributed by atoms with Crippen LogP contribution in [0.5, 0.6) is 0 Å². The van der Waals surface area contributed by atoms with Crippen LogP contribution in [0, 0.1) is 5.41 Å². The summed E-state index contributed by atoms with van der Waals surface area (Å²) in [6.45, 7) is 1.75. The summed E-state index contributed by atoms with van der Waals surface area (Å²) in [5.41, 5.74) is 0.909. The fourth-order valence-electron chi connectivity index (χ4n) is 1.59. The highest BCUT2D eigenvalue weighted by Crippen LogP contribution is 2.15. The number of nitrogens with one attached hydrogen (secondary N) is 1. The predicted molar refractivity (Wildman–Crippen MR) is 74.0 cm³/mol. The number of hydrogen-bond acceptors (Lipinski definition) is 6. The van der Waals surface area contributed by atoms with Crippen molar-refractivity contribution in [2.45, 2.75) is 19.2 Å². The second-order valence-corrected chi connectivity index (χ2v) is 3.94. The van der Waals surface area contributed by atoms with Crippen LogP contribution in [-0.2, 0) is 25.3 Å². The van der Waals surface area contributed by atoms with Crippen molar-refractivity contribution in [3.8, 4) is 0 Å². The van der Waals surface area contributed by atoms with Gasteiger partial charge in [-0.05, 0) is 18.9 Å². The Bertz CT molecular complexity index is 451. The van der Waals surface area contributed by atoms with Crippen molar-refractivity contribution in [2.75, 3.05) is 6.61 Å². The summed E-state index contributed by atoms with van der Waals surface area (Å²) in [4.78, 5) is 23.0. The highest BCUT2D eigenvalue weighted by molar-refractivity contribution is 6.38. The molecule has 0 radical (unpaired) electrons. The summed E-state index contributed by atoms with van der Waals surface area (Å²) in [7, 11) is -0.0311. The highest BCUT2D eigenvalue weighted by Gasteiger charge is 2.26. The van der Waals surface area contributed by atoms with Crippen LogP contribution in [0.25, 0.3) is 0 Å². The van der Waals surface area contributed by atoms with E-state index in [1.54, 1.807) is 6.92 Å². The molecule has 0 bridgehead atoms. The molecular weight excluding hydrogens is 261 g/mol. The Morgan fingerprint density at radius 1 is 1.35 bits per heavy atom. The number of ether oxygens (including phenoxy) is 2. The van der Waals surface area contributed by atoms with E-state index in [9.17, 15) is 9.59 Å². The van der Waals surface area contributed by atoms with Crippen molar-refractivity contribution >= 4 is 26.0 Å². The van der Waals surface area contributed by atoms with Crippen LogP contribution in [0.4, 0.5) is 4.79 Å². The number of carbonyl (C=O) groups excluding carboxylic acids is 2. The summed E-state index contributed by atoms with van der Waals surface area (Å²) >= 11 is 0. The van der Waals surface area contributed by atoms with E-state index < -0.39 is 17.9 Å². The maximum absolute atomic E-state index is 11.9. The van der Waals surface area contributed by atoms with E-state index in [1.165, 1.54) is 0 Å². The van der Waals surface area contributed by atoms with Gasteiger partial charge in [-0.1, -0.05) is 30.3 Å². The van der Waals surface area contributed by atoms with Crippen molar-refractivity contribution in [3.63, 3.8) is 0 Å². The van der Waals surface area contributed by atoms with E-state index in [0.717, 1.165) is 12.0 Å². The van der Waals surface area contributed by atoms with Gasteiger partial charge in [-0.3, -0.25) is 10.2 Å². The van der Waals surface area contributed by atoms with Crippen LogP contribution in [0.2, 0.25) is 5.82 Å². The highest BCUT2D eigenvalue weighted by atomic mass is 16.7. The SMILES string of the molecule is CCOC(=O)OC(=O)[C@@H](BOC=N)Cc1ccccc1. The lowest BCUT2D eigenvalue weighted by molar-refractivity contribution is -0.139. The van der Waals surface area contributed by atoms with Gasteiger partial charge in [0.1, 0.15) is 6.40 Å². The zero-order valence-electron chi connectivity index (χ0n) is 11.2. The van der Waals surface area contributed by atoms with Crippen LogP contribution < -0.4 is 0 Å². The molecule has 1 atom stereocenters. The molecule has 6 nitrogen and oxygen atoms in total. The van der Waals surface area contributed by atoms with Crippen LogP contribution in [-0.4, -0.2) is 32.6 Å². The molecule has 0 aliphatic carbocycles. The fourth-order valence-corrected chi connectivity index (χ4v) is 1.59. The number of hydrogen-bond donors (Lipinski definition) is 1. The molecule has 1 aromatic carbocycles. The molecule has 7 heteroatoms. The predicted octanol–water partition coefficient (Wildman–Crippen LogP) is 1.69. The van der Waals surface area contributed by atoms with Gasteiger partial charge < -0.3 is 14.1 Å². The van der Waals surface area contributed by atoms with E-state index in [0.29, 0.717) is 6.42 Å². The Kier molecular flexibility index (Phi) is 6.88. The fraction of sp³-hybridized carbons (Fsp3) is 0.308. The number of benzene rings is 1. The van der Waals surface area contributed by atoms with Gasteiger partial charge in [0.25, 0.3) is 0 Å². The lowest BCUT2D eigenvalue weighted by Gasteiger charge is -2.13. The summed E-state index contributed by atoms with van der Waals surface area (Å²) < 4.78 is 13.9. The molecule has 1 N–H and O–H groups in total. The average Bonchev–Trinajstić information content (AvgIpc) is 2.44. The first-order chi connectivity index (χ1) is 9.67. The minimum Gasteiger partial charge on any atom is -0.556 e. The second kappa shape index (κ2) is 8.74. The maximum atomic E-state index is 11.9. The van der Waals surface area contributed by atoms with Gasteiger partial charge >= 0.3 is 19.6 Å². The minimum atomic E-state index is -1.02. The minimum absolute atomic E-state index is 0.0311. The average molecular weight is 277 g/mol. The Hall–Kier alpha value is -2.31. The van der Waals surface area contributed by atoms with Gasteiger partial charge in [-0.15, -0.1) is 0 Å². The van der Waals surface area contributed by atoms with Gasteiger partial charge in [-0.2, -0.15) is 0 Å². The van der Waals surface area contributed by atoms with Crippen molar-refractivity contribution < 1.29 is 23.7 Å². The van der Waals surface area contributed by atoms with Crippen LogP contribution in [0.15, 0.2) is 30.3 Å². The molecule has 0 heterocycles. The van der Waals surface area contributed by atoms with E-state index in [2.05, 4.69) is 9.47 Å². The van der Waals surface area contributed by atoms with Gasteiger partial charge in [0.05, 0.1) is 12.4 Å². The van der Waals surface area contributed by atoms with Crippen molar-refractivity contribution in [3.05, 3.63) is 35.9 Å². The summed E-state index contributed by atoms with van der Waals surface area (Å²) in [5.74, 6) is -1.41. The van der Waals surface area contributed by atoms with E-state index >= 15 is 0 Å². The molecule has 0 aromatic heterocycles.